The Balaban J connectivity index is 1.69. The molecule has 4 nitrogen and oxygen atoms in total. The van der Waals surface area contributed by atoms with Crippen LogP contribution < -0.4 is 5.43 Å². The van der Waals surface area contributed by atoms with Gasteiger partial charge in [-0.25, -0.2) is 5.43 Å². The maximum Gasteiger partial charge on any atom is 0.271 e. The zero-order chi connectivity index (χ0) is 17.6. The monoisotopic (exact) mass is 330 g/mol. The van der Waals surface area contributed by atoms with Crippen LogP contribution in [0.15, 0.2) is 84.0 Å². The number of phenolic OH excluding ortho intramolecular Hbond substituents is 1. The number of carbonyl (C=O) groups is 1. The highest BCUT2D eigenvalue weighted by Crippen LogP contribution is 2.19. The lowest BCUT2D eigenvalue weighted by atomic mass is 10.0. The molecule has 0 spiro atoms. The predicted octanol–water partition coefficient (Wildman–Crippen LogP) is 4.21. The van der Waals surface area contributed by atoms with Crippen molar-refractivity contribution in [1.29, 1.82) is 0 Å². The number of nitrogens with one attached hydrogen (secondary N) is 1. The second-order valence-corrected chi connectivity index (χ2v) is 5.63. The third-order valence-corrected chi connectivity index (χ3v) is 3.86. The summed E-state index contributed by atoms with van der Waals surface area (Å²) >= 11 is 0. The minimum atomic E-state index is -0.266. The molecule has 2 N–H and O–H groups in total. The van der Waals surface area contributed by atoms with E-state index in [2.05, 4.69) is 10.5 Å². The van der Waals surface area contributed by atoms with Gasteiger partial charge in [0, 0.05) is 5.56 Å². The summed E-state index contributed by atoms with van der Waals surface area (Å²) in [5.41, 5.74) is 6.76. The molecule has 0 aliphatic carbocycles. The van der Waals surface area contributed by atoms with E-state index in [0.29, 0.717) is 11.3 Å². The fourth-order valence-corrected chi connectivity index (χ4v) is 2.41. The topological polar surface area (TPSA) is 61.7 Å². The Morgan fingerprint density at radius 1 is 0.800 bits per heavy atom. The van der Waals surface area contributed by atoms with Gasteiger partial charge in [-0.1, -0.05) is 42.5 Å². The minimum absolute atomic E-state index is 0.194. The summed E-state index contributed by atoms with van der Waals surface area (Å²) in [5, 5.41) is 13.4. The number of hydrogen-bond acceptors (Lipinski definition) is 3. The van der Waals surface area contributed by atoms with E-state index >= 15 is 0 Å². The molecule has 0 radical (unpaired) electrons. The summed E-state index contributed by atoms with van der Waals surface area (Å²) < 4.78 is 0. The van der Waals surface area contributed by atoms with Crippen LogP contribution in [0.5, 0.6) is 5.75 Å². The van der Waals surface area contributed by atoms with Crippen LogP contribution in [0.25, 0.3) is 11.1 Å². The first-order valence-electron chi connectivity index (χ1n) is 7.93. The Bertz CT molecular complexity index is 883. The van der Waals surface area contributed by atoms with Crippen LogP contribution in [-0.2, 0) is 0 Å². The van der Waals surface area contributed by atoms with E-state index in [0.717, 1.165) is 16.7 Å². The molecule has 124 valence electrons. The highest BCUT2D eigenvalue weighted by Gasteiger charge is 2.06. The number of benzene rings is 3. The zero-order valence-corrected chi connectivity index (χ0v) is 13.8. The minimum Gasteiger partial charge on any atom is -0.508 e. The predicted molar refractivity (Wildman–Crippen MR) is 99.7 cm³/mol. The average Bonchev–Trinajstić information content (AvgIpc) is 2.67. The van der Waals surface area contributed by atoms with Crippen LogP contribution in [0.2, 0.25) is 0 Å². The zero-order valence-electron chi connectivity index (χ0n) is 13.8. The van der Waals surface area contributed by atoms with Crippen molar-refractivity contribution >= 4 is 11.6 Å². The van der Waals surface area contributed by atoms with Crippen LogP contribution in [0.4, 0.5) is 0 Å². The van der Waals surface area contributed by atoms with Crippen molar-refractivity contribution in [3.63, 3.8) is 0 Å². The molecule has 0 aliphatic heterocycles. The second-order valence-electron chi connectivity index (χ2n) is 5.63. The van der Waals surface area contributed by atoms with Gasteiger partial charge in [-0.15, -0.1) is 0 Å². The summed E-state index contributed by atoms with van der Waals surface area (Å²) in [6, 6.07) is 24.0. The maximum atomic E-state index is 12.2. The molecule has 0 unspecified atom stereocenters. The fourth-order valence-electron chi connectivity index (χ4n) is 2.41. The largest absolute Gasteiger partial charge is 0.508 e. The van der Waals surface area contributed by atoms with E-state index in [-0.39, 0.29) is 11.7 Å². The van der Waals surface area contributed by atoms with Crippen LogP contribution in [-0.4, -0.2) is 16.7 Å². The van der Waals surface area contributed by atoms with Gasteiger partial charge < -0.3 is 5.11 Å². The molecule has 0 atom stereocenters. The number of hydrogen-bond donors (Lipinski definition) is 2. The Morgan fingerprint density at radius 2 is 1.36 bits per heavy atom. The standard InChI is InChI=1S/C21H18N2O2/c1-15(16-11-13-20(24)14-12-16)22-23-21(25)19-9-7-18(8-10-19)17-5-3-2-4-6-17/h2-14,24H,1H3,(H,23,25)/b22-15+. The highest BCUT2D eigenvalue weighted by atomic mass is 16.3. The number of amides is 1. The van der Waals surface area contributed by atoms with E-state index < -0.39 is 0 Å². The second kappa shape index (κ2) is 7.45. The number of nitrogens with zero attached hydrogens (tertiary/aromatic N) is 1. The summed E-state index contributed by atoms with van der Waals surface area (Å²) in [6.07, 6.45) is 0. The third-order valence-electron chi connectivity index (χ3n) is 3.86. The van der Waals surface area contributed by atoms with Crippen LogP contribution >= 0.6 is 0 Å². The van der Waals surface area contributed by atoms with Crippen molar-refractivity contribution in [3.05, 3.63) is 90.0 Å². The molecule has 0 aliphatic rings. The van der Waals surface area contributed by atoms with E-state index in [1.807, 2.05) is 42.5 Å². The summed E-state index contributed by atoms with van der Waals surface area (Å²) in [6.45, 7) is 1.80. The van der Waals surface area contributed by atoms with Gasteiger partial charge in [-0.2, -0.15) is 5.10 Å². The molecule has 0 fully saturated rings. The first kappa shape index (κ1) is 16.5. The lowest BCUT2D eigenvalue weighted by molar-refractivity contribution is 0.0955. The first-order chi connectivity index (χ1) is 12.1. The molecule has 0 saturated heterocycles. The van der Waals surface area contributed by atoms with Gasteiger partial charge in [-0.3, -0.25) is 4.79 Å². The maximum absolute atomic E-state index is 12.2. The molecule has 25 heavy (non-hydrogen) atoms. The van der Waals surface area contributed by atoms with Crippen molar-refractivity contribution in [3.8, 4) is 16.9 Å². The van der Waals surface area contributed by atoms with Gasteiger partial charge in [-0.05, 0) is 60.0 Å². The van der Waals surface area contributed by atoms with Crippen LogP contribution in [0.1, 0.15) is 22.8 Å². The van der Waals surface area contributed by atoms with Gasteiger partial charge in [0.05, 0.1) is 5.71 Å². The Kier molecular flexibility index (Phi) is 4.90. The molecule has 3 aromatic carbocycles. The first-order valence-corrected chi connectivity index (χ1v) is 7.93. The number of carbonyl (C=O) groups excluding carboxylic acids is 1. The van der Waals surface area contributed by atoms with E-state index in [4.69, 9.17) is 0 Å². The summed E-state index contributed by atoms with van der Waals surface area (Å²) in [5.74, 6) is -0.0724. The molecule has 4 heteroatoms. The fraction of sp³-hybridized carbons (Fsp3) is 0.0476. The van der Waals surface area contributed by atoms with E-state index in [1.54, 1.807) is 43.3 Å². The van der Waals surface area contributed by atoms with Crippen molar-refractivity contribution < 1.29 is 9.90 Å². The molecule has 1 amide bonds. The smallest absolute Gasteiger partial charge is 0.271 e. The molecule has 0 bridgehead atoms. The molecular formula is C21H18N2O2. The number of rotatable bonds is 4. The lowest BCUT2D eigenvalue weighted by Crippen LogP contribution is -2.19. The number of aromatic hydroxyl groups is 1. The summed E-state index contributed by atoms with van der Waals surface area (Å²) in [7, 11) is 0. The molecular weight excluding hydrogens is 312 g/mol. The lowest BCUT2D eigenvalue weighted by Gasteiger charge is -2.05. The summed E-state index contributed by atoms with van der Waals surface area (Å²) in [4.78, 5) is 12.2. The molecule has 3 rings (SSSR count). The number of hydrazone groups is 1. The van der Waals surface area contributed by atoms with Crippen molar-refractivity contribution in [1.82, 2.24) is 5.43 Å². The van der Waals surface area contributed by atoms with Crippen LogP contribution in [0, 0.1) is 0 Å². The normalized spacial score (nSPS) is 11.2. The van der Waals surface area contributed by atoms with Gasteiger partial charge in [0.1, 0.15) is 5.75 Å². The molecule has 0 saturated carbocycles. The molecule has 3 aromatic rings. The van der Waals surface area contributed by atoms with Gasteiger partial charge >= 0.3 is 0 Å². The van der Waals surface area contributed by atoms with Gasteiger partial charge in [0.2, 0.25) is 0 Å². The van der Waals surface area contributed by atoms with E-state index in [1.165, 1.54) is 0 Å². The average molecular weight is 330 g/mol. The Morgan fingerprint density at radius 3 is 2.00 bits per heavy atom. The van der Waals surface area contributed by atoms with Gasteiger partial charge in [0.15, 0.2) is 0 Å². The Hall–Kier alpha value is -3.40. The third kappa shape index (κ3) is 4.12. The molecule has 0 aromatic heterocycles. The van der Waals surface area contributed by atoms with Crippen molar-refractivity contribution in [2.24, 2.45) is 5.10 Å². The van der Waals surface area contributed by atoms with Crippen molar-refractivity contribution in [2.45, 2.75) is 6.92 Å². The van der Waals surface area contributed by atoms with E-state index in [9.17, 15) is 9.90 Å². The number of phenols is 1. The van der Waals surface area contributed by atoms with Crippen LogP contribution in [0.3, 0.4) is 0 Å². The highest BCUT2D eigenvalue weighted by molar-refractivity contribution is 6.01. The van der Waals surface area contributed by atoms with Gasteiger partial charge in [0.25, 0.3) is 5.91 Å². The molecule has 0 heterocycles. The quantitative estimate of drug-likeness (QED) is 0.556. The van der Waals surface area contributed by atoms with Crippen molar-refractivity contribution in [2.75, 3.05) is 0 Å². The SMILES string of the molecule is C/C(=N\NC(=O)c1ccc(-c2ccccc2)cc1)c1ccc(O)cc1. The Labute approximate surface area is 146 Å².